The molecule has 1 aromatic rings. The topological polar surface area (TPSA) is 67.4 Å². The average molecular weight is 290 g/mol. The molecule has 1 aromatic carbocycles. The quantitative estimate of drug-likeness (QED) is 0.819. The minimum Gasteiger partial charge on any atom is -0.444 e. The first kappa shape index (κ1) is 16.8. The fourth-order valence-corrected chi connectivity index (χ4v) is 1.65. The smallest absolute Gasteiger partial charge is 0.408 e. The fraction of sp³-hybridized carbons (Fsp3) is 0.375. The predicted molar refractivity (Wildman–Crippen MR) is 81.8 cm³/mol. The normalized spacial score (nSPS) is 12.1. The third kappa shape index (κ3) is 6.12. The SMILES string of the molecule is C=CCNC(=O)C(NC(=O)OC(C)(C)C)c1ccccc1. The molecule has 0 aliphatic rings. The summed E-state index contributed by atoms with van der Waals surface area (Å²) >= 11 is 0. The van der Waals surface area contributed by atoms with Gasteiger partial charge in [0, 0.05) is 6.54 Å². The second kappa shape index (κ2) is 7.47. The Kier molecular flexibility index (Phi) is 5.96. The first-order chi connectivity index (χ1) is 9.83. The van der Waals surface area contributed by atoms with Crippen LogP contribution in [-0.4, -0.2) is 24.1 Å². The molecule has 2 N–H and O–H groups in total. The molecule has 0 saturated heterocycles. The number of hydrogen-bond donors (Lipinski definition) is 2. The summed E-state index contributed by atoms with van der Waals surface area (Å²) in [6.07, 6.45) is 0.943. The number of benzene rings is 1. The molecule has 0 radical (unpaired) electrons. The lowest BCUT2D eigenvalue weighted by molar-refractivity contribution is -0.123. The molecule has 1 atom stereocenters. The molecular formula is C16H22N2O3. The van der Waals surface area contributed by atoms with E-state index in [9.17, 15) is 9.59 Å². The Morgan fingerprint density at radius 1 is 1.29 bits per heavy atom. The van der Waals surface area contributed by atoms with Gasteiger partial charge in [-0.2, -0.15) is 0 Å². The second-order valence-electron chi connectivity index (χ2n) is 5.52. The van der Waals surface area contributed by atoms with Crippen molar-refractivity contribution >= 4 is 12.0 Å². The van der Waals surface area contributed by atoms with Crippen LogP contribution in [0.2, 0.25) is 0 Å². The Labute approximate surface area is 125 Å². The van der Waals surface area contributed by atoms with Crippen LogP contribution >= 0.6 is 0 Å². The van der Waals surface area contributed by atoms with Crippen molar-refractivity contribution in [3.8, 4) is 0 Å². The molecule has 0 fully saturated rings. The van der Waals surface area contributed by atoms with Gasteiger partial charge in [0.2, 0.25) is 5.91 Å². The Hall–Kier alpha value is -2.30. The Morgan fingerprint density at radius 3 is 2.43 bits per heavy atom. The fourth-order valence-electron chi connectivity index (χ4n) is 1.65. The van der Waals surface area contributed by atoms with Crippen molar-refractivity contribution in [2.45, 2.75) is 32.4 Å². The van der Waals surface area contributed by atoms with Gasteiger partial charge in [0.1, 0.15) is 11.6 Å². The van der Waals surface area contributed by atoms with Crippen molar-refractivity contribution in [2.24, 2.45) is 0 Å². The molecule has 0 bridgehead atoms. The lowest BCUT2D eigenvalue weighted by Crippen LogP contribution is -2.42. The summed E-state index contributed by atoms with van der Waals surface area (Å²) in [5.74, 6) is -0.313. The van der Waals surface area contributed by atoms with Gasteiger partial charge in [-0.05, 0) is 26.3 Å². The second-order valence-corrected chi connectivity index (χ2v) is 5.52. The number of carbonyl (C=O) groups excluding carboxylic acids is 2. The standard InChI is InChI=1S/C16H22N2O3/c1-5-11-17-14(19)13(12-9-7-6-8-10-12)18-15(20)21-16(2,3)4/h5-10,13H,1,11H2,2-4H3,(H,17,19)(H,18,20). The molecule has 0 aromatic heterocycles. The van der Waals surface area contributed by atoms with Gasteiger partial charge in [0.05, 0.1) is 0 Å². The van der Waals surface area contributed by atoms with E-state index in [1.807, 2.05) is 6.07 Å². The van der Waals surface area contributed by atoms with Gasteiger partial charge in [-0.1, -0.05) is 36.4 Å². The minimum absolute atomic E-state index is 0.313. The molecule has 1 unspecified atom stereocenters. The molecular weight excluding hydrogens is 268 g/mol. The van der Waals surface area contributed by atoms with E-state index >= 15 is 0 Å². The van der Waals surface area contributed by atoms with E-state index in [4.69, 9.17) is 4.74 Å². The summed E-state index contributed by atoms with van der Waals surface area (Å²) in [7, 11) is 0. The third-order valence-electron chi connectivity index (χ3n) is 2.48. The van der Waals surface area contributed by atoms with Crippen molar-refractivity contribution in [3.63, 3.8) is 0 Å². The van der Waals surface area contributed by atoms with Crippen molar-refractivity contribution in [1.82, 2.24) is 10.6 Å². The summed E-state index contributed by atoms with van der Waals surface area (Å²) in [6.45, 7) is 9.18. The number of alkyl carbamates (subject to hydrolysis) is 1. The molecule has 5 heteroatoms. The number of ether oxygens (including phenoxy) is 1. The van der Waals surface area contributed by atoms with Gasteiger partial charge in [-0.15, -0.1) is 6.58 Å². The zero-order valence-electron chi connectivity index (χ0n) is 12.7. The summed E-state index contributed by atoms with van der Waals surface area (Å²) < 4.78 is 5.19. The van der Waals surface area contributed by atoms with Gasteiger partial charge in [-0.3, -0.25) is 4.79 Å². The van der Waals surface area contributed by atoms with Gasteiger partial charge >= 0.3 is 6.09 Å². The summed E-state index contributed by atoms with van der Waals surface area (Å²) in [4.78, 5) is 24.1. The molecule has 0 spiro atoms. The molecule has 0 aliphatic carbocycles. The number of amides is 2. The predicted octanol–water partition coefficient (Wildman–Crippen LogP) is 2.55. The molecule has 1 rings (SSSR count). The highest BCUT2D eigenvalue weighted by molar-refractivity contribution is 5.87. The summed E-state index contributed by atoms with van der Waals surface area (Å²) in [5, 5.41) is 5.26. The van der Waals surface area contributed by atoms with E-state index in [1.54, 1.807) is 51.1 Å². The zero-order chi connectivity index (χ0) is 15.9. The molecule has 114 valence electrons. The van der Waals surface area contributed by atoms with Crippen LogP contribution in [0.4, 0.5) is 4.79 Å². The van der Waals surface area contributed by atoms with Crippen LogP contribution in [-0.2, 0) is 9.53 Å². The maximum atomic E-state index is 12.2. The highest BCUT2D eigenvalue weighted by Crippen LogP contribution is 2.14. The van der Waals surface area contributed by atoms with E-state index in [0.717, 1.165) is 0 Å². The van der Waals surface area contributed by atoms with E-state index in [2.05, 4.69) is 17.2 Å². The lowest BCUT2D eigenvalue weighted by Gasteiger charge is -2.23. The summed E-state index contributed by atoms with van der Waals surface area (Å²) in [6, 6.07) is 8.20. The maximum absolute atomic E-state index is 12.2. The van der Waals surface area contributed by atoms with E-state index in [-0.39, 0.29) is 5.91 Å². The zero-order valence-corrected chi connectivity index (χ0v) is 12.7. The van der Waals surface area contributed by atoms with Crippen LogP contribution in [0.1, 0.15) is 32.4 Å². The highest BCUT2D eigenvalue weighted by atomic mass is 16.6. The van der Waals surface area contributed by atoms with E-state index < -0.39 is 17.7 Å². The molecule has 0 saturated carbocycles. The van der Waals surface area contributed by atoms with Gasteiger partial charge in [-0.25, -0.2) is 4.79 Å². The van der Waals surface area contributed by atoms with Crippen molar-refractivity contribution in [3.05, 3.63) is 48.6 Å². The largest absolute Gasteiger partial charge is 0.444 e. The average Bonchev–Trinajstić information content (AvgIpc) is 2.41. The number of rotatable bonds is 5. The monoisotopic (exact) mass is 290 g/mol. The van der Waals surface area contributed by atoms with Crippen LogP contribution in [0, 0.1) is 0 Å². The number of nitrogens with one attached hydrogen (secondary N) is 2. The number of hydrogen-bond acceptors (Lipinski definition) is 3. The van der Waals surface area contributed by atoms with Crippen LogP contribution in [0.5, 0.6) is 0 Å². The Balaban J connectivity index is 2.85. The van der Waals surface area contributed by atoms with Crippen LogP contribution in [0.3, 0.4) is 0 Å². The van der Waals surface area contributed by atoms with Crippen molar-refractivity contribution in [2.75, 3.05) is 6.54 Å². The molecule has 2 amide bonds. The van der Waals surface area contributed by atoms with Gasteiger partial charge in [0.15, 0.2) is 0 Å². The molecule has 0 heterocycles. The first-order valence-corrected chi connectivity index (χ1v) is 6.76. The highest BCUT2D eigenvalue weighted by Gasteiger charge is 2.25. The van der Waals surface area contributed by atoms with E-state index in [0.29, 0.717) is 12.1 Å². The maximum Gasteiger partial charge on any atom is 0.408 e. The molecule has 21 heavy (non-hydrogen) atoms. The van der Waals surface area contributed by atoms with Crippen LogP contribution in [0.25, 0.3) is 0 Å². The van der Waals surface area contributed by atoms with Gasteiger partial charge < -0.3 is 15.4 Å². The lowest BCUT2D eigenvalue weighted by atomic mass is 10.1. The van der Waals surface area contributed by atoms with Gasteiger partial charge in [0.25, 0.3) is 0 Å². The van der Waals surface area contributed by atoms with Crippen LogP contribution < -0.4 is 10.6 Å². The Morgan fingerprint density at radius 2 is 1.90 bits per heavy atom. The number of carbonyl (C=O) groups is 2. The van der Waals surface area contributed by atoms with Crippen molar-refractivity contribution in [1.29, 1.82) is 0 Å². The molecule has 5 nitrogen and oxygen atoms in total. The minimum atomic E-state index is -0.805. The van der Waals surface area contributed by atoms with Crippen LogP contribution in [0.15, 0.2) is 43.0 Å². The van der Waals surface area contributed by atoms with E-state index in [1.165, 1.54) is 0 Å². The Bertz CT molecular complexity index is 492. The summed E-state index contributed by atoms with van der Waals surface area (Å²) in [5.41, 5.74) is 0.0630. The third-order valence-corrected chi connectivity index (χ3v) is 2.48. The van der Waals surface area contributed by atoms with Crippen molar-refractivity contribution < 1.29 is 14.3 Å². The molecule has 0 aliphatic heterocycles. The first-order valence-electron chi connectivity index (χ1n) is 6.76.